The van der Waals surface area contributed by atoms with Crippen molar-refractivity contribution in [3.63, 3.8) is 0 Å². The average molecular weight is 226 g/mol. The van der Waals surface area contributed by atoms with E-state index in [2.05, 4.69) is 11.4 Å². The van der Waals surface area contributed by atoms with Crippen LogP contribution in [0, 0.1) is 0 Å². The Balaban J connectivity index is 1.73. The average Bonchev–Trinajstić information content (AvgIpc) is 2.71. The summed E-state index contributed by atoms with van der Waals surface area (Å²) in [4.78, 5) is 0. The smallest absolute Gasteiger partial charge is 0.0700 e. The number of ether oxygens (including phenoxy) is 1. The highest BCUT2D eigenvalue weighted by Crippen LogP contribution is 2.12. The van der Waals surface area contributed by atoms with Gasteiger partial charge >= 0.3 is 0 Å². The van der Waals surface area contributed by atoms with Gasteiger partial charge in [-0.15, -0.1) is 0 Å². The van der Waals surface area contributed by atoms with E-state index in [0.717, 1.165) is 24.7 Å². The molecule has 15 heavy (non-hydrogen) atoms. The normalized spacial score (nSPS) is 20.7. The minimum atomic E-state index is 0.407. The van der Waals surface area contributed by atoms with E-state index in [9.17, 15) is 0 Å². The summed E-state index contributed by atoms with van der Waals surface area (Å²) in [6.45, 7) is 2.72. The molecule has 1 aromatic rings. The molecule has 2 nitrogen and oxygen atoms in total. The molecule has 82 valence electrons. The van der Waals surface area contributed by atoms with Crippen LogP contribution in [-0.2, 0) is 11.3 Å². The monoisotopic (exact) mass is 225 g/mol. The van der Waals surface area contributed by atoms with Crippen LogP contribution in [0.4, 0.5) is 0 Å². The Labute approximate surface area is 95.6 Å². The van der Waals surface area contributed by atoms with Crippen molar-refractivity contribution in [3.8, 4) is 0 Å². The van der Waals surface area contributed by atoms with Crippen molar-refractivity contribution in [2.24, 2.45) is 0 Å². The van der Waals surface area contributed by atoms with Crippen LogP contribution in [-0.4, -0.2) is 19.3 Å². The van der Waals surface area contributed by atoms with Gasteiger partial charge in [-0.25, -0.2) is 0 Å². The van der Waals surface area contributed by atoms with Crippen LogP contribution in [0.1, 0.15) is 18.4 Å². The third-order valence-corrected chi connectivity index (χ3v) is 2.85. The lowest BCUT2D eigenvalue weighted by Crippen LogP contribution is -2.25. The van der Waals surface area contributed by atoms with Crippen LogP contribution >= 0.6 is 11.6 Å². The van der Waals surface area contributed by atoms with E-state index in [4.69, 9.17) is 16.3 Å². The highest BCUT2D eigenvalue weighted by Gasteiger charge is 2.14. The molecule has 0 aromatic heterocycles. The summed E-state index contributed by atoms with van der Waals surface area (Å²) in [5.41, 5.74) is 1.22. The fraction of sp³-hybridized carbons (Fsp3) is 0.500. The maximum Gasteiger partial charge on any atom is 0.0700 e. The van der Waals surface area contributed by atoms with Crippen LogP contribution < -0.4 is 5.32 Å². The molecule has 0 amide bonds. The SMILES string of the molecule is Clc1cccc(CNC[C@@H]2CCCO2)c1. The van der Waals surface area contributed by atoms with E-state index >= 15 is 0 Å². The summed E-state index contributed by atoms with van der Waals surface area (Å²) in [5, 5.41) is 4.18. The Hall–Kier alpha value is -0.570. The van der Waals surface area contributed by atoms with Crippen molar-refractivity contribution in [1.82, 2.24) is 5.32 Å². The zero-order valence-corrected chi connectivity index (χ0v) is 9.46. The van der Waals surface area contributed by atoms with Gasteiger partial charge < -0.3 is 10.1 Å². The van der Waals surface area contributed by atoms with E-state index in [1.165, 1.54) is 18.4 Å². The van der Waals surface area contributed by atoms with Crippen LogP contribution in [0.2, 0.25) is 5.02 Å². The maximum absolute atomic E-state index is 5.90. The van der Waals surface area contributed by atoms with Gasteiger partial charge in [-0.2, -0.15) is 0 Å². The van der Waals surface area contributed by atoms with E-state index in [1.807, 2.05) is 18.2 Å². The lowest BCUT2D eigenvalue weighted by molar-refractivity contribution is 0.110. The molecule has 1 heterocycles. The Morgan fingerprint density at radius 3 is 3.13 bits per heavy atom. The van der Waals surface area contributed by atoms with Gasteiger partial charge in [0.15, 0.2) is 0 Å². The second kappa shape index (κ2) is 5.50. The summed E-state index contributed by atoms with van der Waals surface area (Å²) >= 11 is 5.90. The van der Waals surface area contributed by atoms with Crippen molar-refractivity contribution >= 4 is 11.6 Å². The third-order valence-electron chi connectivity index (χ3n) is 2.61. The van der Waals surface area contributed by atoms with Crippen molar-refractivity contribution < 1.29 is 4.74 Å². The van der Waals surface area contributed by atoms with Gasteiger partial charge in [-0.1, -0.05) is 23.7 Å². The molecule has 1 N–H and O–H groups in total. The topological polar surface area (TPSA) is 21.3 Å². The molecule has 1 saturated heterocycles. The Kier molecular flexibility index (Phi) is 4.01. The molecule has 3 heteroatoms. The molecular formula is C12H16ClNO. The van der Waals surface area contributed by atoms with Crippen molar-refractivity contribution in [3.05, 3.63) is 34.9 Å². The number of hydrogen-bond acceptors (Lipinski definition) is 2. The van der Waals surface area contributed by atoms with Gasteiger partial charge in [0.05, 0.1) is 6.10 Å². The summed E-state index contributed by atoms with van der Waals surface area (Å²) in [7, 11) is 0. The lowest BCUT2D eigenvalue weighted by atomic mass is 10.2. The lowest BCUT2D eigenvalue weighted by Gasteiger charge is -2.10. The number of nitrogens with one attached hydrogen (secondary N) is 1. The second-order valence-corrected chi connectivity index (χ2v) is 4.33. The van der Waals surface area contributed by atoms with E-state index in [-0.39, 0.29) is 0 Å². The summed E-state index contributed by atoms with van der Waals surface area (Å²) in [6.07, 6.45) is 2.79. The molecule has 1 aromatic carbocycles. The molecule has 0 unspecified atom stereocenters. The first-order chi connectivity index (χ1) is 7.34. The standard InChI is InChI=1S/C12H16ClNO/c13-11-4-1-3-10(7-11)8-14-9-12-5-2-6-15-12/h1,3-4,7,12,14H,2,5-6,8-9H2/t12-/m0/s1. The largest absolute Gasteiger partial charge is 0.377 e. The molecule has 1 aliphatic rings. The highest BCUT2D eigenvalue weighted by molar-refractivity contribution is 6.30. The van der Waals surface area contributed by atoms with Gasteiger partial charge in [-0.3, -0.25) is 0 Å². The molecule has 0 saturated carbocycles. The van der Waals surface area contributed by atoms with E-state index in [0.29, 0.717) is 6.10 Å². The fourth-order valence-corrected chi connectivity index (χ4v) is 2.04. The first-order valence-corrected chi connectivity index (χ1v) is 5.79. The van der Waals surface area contributed by atoms with Gasteiger partial charge in [0.25, 0.3) is 0 Å². The van der Waals surface area contributed by atoms with Crippen LogP contribution in [0.15, 0.2) is 24.3 Å². The van der Waals surface area contributed by atoms with Crippen molar-refractivity contribution in [1.29, 1.82) is 0 Å². The third kappa shape index (κ3) is 3.49. The molecule has 2 rings (SSSR count). The van der Waals surface area contributed by atoms with Crippen molar-refractivity contribution in [2.45, 2.75) is 25.5 Å². The van der Waals surface area contributed by atoms with Gasteiger partial charge in [0, 0.05) is 24.7 Å². The first-order valence-electron chi connectivity index (χ1n) is 5.41. The first kappa shape index (κ1) is 10.9. The quantitative estimate of drug-likeness (QED) is 0.851. The molecule has 0 aliphatic carbocycles. The van der Waals surface area contributed by atoms with Crippen molar-refractivity contribution in [2.75, 3.05) is 13.2 Å². The molecule has 0 bridgehead atoms. The molecule has 0 spiro atoms. The summed E-state index contributed by atoms with van der Waals surface area (Å²) in [6, 6.07) is 7.94. The Bertz CT molecular complexity index is 310. The van der Waals surface area contributed by atoms with Gasteiger partial charge in [0.1, 0.15) is 0 Å². The van der Waals surface area contributed by atoms with Gasteiger partial charge in [-0.05, 0) is 30.5 Å². The molecule has 1 fully saturated rings. The zero-order valence-electron chi connectivity index (χ0n) is 8.71. The maximum atomic E-state index is 5.90. The fourth-order valence-electron chi connectivity index (χ4n) is 1.83. The van der Waals surface area contributed by atoms with E-state index in [1.54, 1.807) is 0 Å². The van der Waals surface area contributed by atoms with Crippen LogP contribution in [0.3, 0.4) is 0 Å². The predicted molar refractivity (Wildman–Crippen MR) is 62.1 cm³/mol. The predicted octanol–water partition coefficient (Wildman–Crippen LogP) is 2.61. The minimum Gasteiger partial charge on any atom is -0.377 e. The highest BCUT2D eigenvalue weighted by atomic mass is 35.5. The molecule has 1 atom stereocenters. The Morgan fingerprint density at radius 2 is 2.40 bits per heavy atom. The summed E-state index contributed by atoms with van der Waals surface area (Å²) < 4.78 is 5.53. The molecular weight excluding hydrogens is 210 g/mol. The summed E-state index contributed by atoms with van der Waals surface area (Å²) in [5.74, 6) is 0. The molecule has 0 radical (unpaired) electrons. The number of halogens is 1. The zero-order chi connectivity index (χ0) is 10.5. The van der Waals surface area contributed by atoms with E-state index < -0.39 is 0 Å². The Morgan fingerprint density at radius 1 is 1.47 bits per heavy atom. The number of rotatable bonds is 4. The number of benzene rings is 1. The minimum absolute atomic E-state index is 0.407. The number of hydrogen-bond donors (Lipinski definition) is 1. The van der Waals surface area contributed by atoms with Crippen LogP contribution in [0.5, 0.6) is 0 Å². The molecule has 1 aliphatic heterocycles. The van der Waals surface area contributed by atoms with Crippen LogP contribution in [0.25, 0.3) is 0 Å². The van der Waals surface area contributed by atoms with Gasteiger partial charge in [0.2, 0.25) is 0 Å². The second-order valence-electron chi connectivity index (χ2n) is 3.90.